The van der Waals surface area contributed by atoms with Gasteiger partial charge in [-0.15, -0.1) is 0 Å². The maximum Gasteiger partial charge on any atom is 0.126 e. The van der Waals surface area contributed by atoms with E-state index in [9.17, 15) is 20.4 Å². The molecule has 0 aliphatic rings. The summed E-state index contributed by atoms with van der Waals surface area (Å²) in [5.74, 6) is -0.211. The third kappa shape index (κ3) is 4.04. The first kappa shape index (κ1) is 21.9. The van der Waals surface area contributed by atoms with Gasteiger partial charge in [-0.05, 0) is 44.5 Å². The van der Waals surface area contributed by atoms with Crippen LogP contribution in [-0.2, 0) is 0 Å². The largest absolute Gasteiger partial charge is 0.508 e. The third-order valence-electron chi connectivity index (χ3n) is 5.80. The fraction of sp³-hybridized carbons (Fsp3) is 0.478. The number of phenolic OH excluding ortho intramolecular Hbond substituents is 4. The second kappa shape index (κ2) is 8.31. The topological polar surface area (TPSA) is 84.2 Å². The van der Waals surface area contributed by atoms with E-state index in [1.807, 2.05) is 0 Å². The third-order valence-corrected chi connectivity index (χ3v) is 5.80. The number of phenols is 4. The van der Waals surface area contributed by atoms with E-state index in [1.54, 1.807) is 38.1 Å². The molecule has 0 fully saturated rings. The van der Waals surface area contributed by atoms with E-state index in [-0.39, 0.29) is 34.3 Å². The van der Waals surface area contributed by atoms with Crippen molar-refractivity contribution in [1.82, 2.24) is 4.90 Å². The fourth-order valence-corrected chi connectivity index (χ4v) is 4.01. The number of rotatable bonds is 7. The van der Waals surface area contributed by atoms with Crippen LogP contribution < -0.4 is 0 Å². The summed E-state index contributed by atoms with van der Waals surface area (Å²) in [6.07, 6.45) is 0. The lowest BCUT2D eigenvalue weighted by atomic mass is 9.69. The Kier molecular flexibility index (Phi) is 6.50. The summed E-state index contributed by atoms with van der Waals surface area (Å²) in [5, 5.41) is 41.6. The Morgan fingerprint density at radius 2 is 1.18 bits per heavy atom. The van der Waals surface area contributed by atoms with Gasteiger partial charge < -0.3 is 25.3 Å². The molecule has 0 unspecified atom stereocenters. The predicted molar refractivity (Wildman–Crippen MR) is 112 cm³/mol. The van der Waals surface area contributed by atoms with Crippen LogP contribution >= 0.6 is 0 Å². The minimum absolute atomic E-state index is 0.0303. The van der Waals surface area contributed by atoms with Gasteiger partial charge in [-0.25, -0.2) is 0 Å². The molecule has 0 radical (unpaired) electrons. The summed E-state index contributed by atoms with van der Waals surface area (Å²) in [6.45, 7) is 14.3. The molecule has 154 valence electrons. The molecule has 0 heterocycles. The normalized spacial score (nSPS) is 12.1. The van der Waals surface area contributed by atoms with Gasteiger partial charge in [-0.1, -0.05) is 39.8 Å². The highest BCUT2D eigenvalue weighted by atomic mass is 16.3. The fourth-order valence-electron chi connectivity index (χ4n) is 4.01. The minimum atomic E-state index is -0.353. The highest BCUT2D eigenvalue weighted by Gasteiger charge is 2.37. The Morgan fingerprint density at radius 3 is 1.54 bits per heavy atom. The predicted octanol–water partition coefficient (Wildman–Crippen LogP) is 4.63. The Hall–Kier alpha value is -2.40. The second-order valence-corrected chi connectivity index (χ2v) is 8.18. The van der Waals surface area contributed by atoms with Gasteiger partial charge in [0.05, 0.1) is 0 Å². The standard InChI is InChI=1S/C23H33NO4/c1-7-24(8-2)13-23(5,6)20(16-9-11-18(25)14(3)21(16)27)17-10-12-19(26)15(4)22(17)28/h9-12,20,25-28H,7-8,13H2,1-6H3. The lowest BCUT2D eigenvalue weighted by Crippen LogP contribution is -2.38. The Bertz CT molecular complexity index is 783. The molecule has 2 aromatic rings. The molecule has 5 heteroatoms. The molecule has 0 aromatic heterocycles. The van der Waals surface area contributed by atoms with Gasteiger partial charge in [0.1, 0.15) is 23.0 Å². The van der Waals surface area contributed by atoms with E-state index in [0.29, 0.717) is 22.3 Å². The average Bonchev–Trinajstić information content (AvgIpc) is 2.66. The molecular weight excluding hydrogens is 354 g/mol. The molecule has 0 saturated heterocycles. The molecule has 2 aromatic carbocycles. The van der Waals surface area contributed by atoms with Crippen LogP contribution in [0.25, 0.3) is 0 Å². The Morgan fingerprint density at radius 1 is 0.786 bits per heavy atom. The van der Waals surface area contributed by atoms with Crippen molar-refractivity contribution in [3.05, 3.63) is 46.5 Å². The molecule has 0 aliphatic carbocycles. The quantitative estimate of drug-likeness (QED) is 0.557. The number of benzene rings is 2. The van der Waals surface area contributed by atoms with Crippen LogP contribution in [0.2, 0.25) is 0 Å². The lowest BCUT2D eigenvalue weighted by molar-refractivity contribution is 0.172. The zero-order chi connectivity index (χ0) is 21.2. The summed E-state index contributed by atoms with van der Waals surface area (Å²) in [7, 11) is 0. The first-order valence-corrected chi connectivity index (χ1v) is 9.80. The Labute approximate surface area is 167 Å². The number of hydrogen-bond acceptors (Lipinski definition) is 5. The van der Waals surface area contributed by atoms with Gasteiger partial charge in [-0.3, -0.25) is 0 Å². The summed E-state index contributed by atoms with van der Waals surface area (Å²) in [4.78, 5) is 2.31. The second-order valence-electron chi connectivity index (χ2n) is 8.18. The van der Waals surface area contributed by atoms with Gasteiger partial charge in [0, 0.05) is 34.7 Å². The first-order valence-electron chi connectivity index (χ1n) is 9.80. The van der Waals surface area contributed by atoms with Gasteiger partial charge >= 0.3 is 0 Å². The van der Waals surface area contributed by atoms with Gasteiger partial charge in [0.15, 0.2) is 0 Å². The van der Waals surface area contributed by atoms with E-state index < -0.39 is 0 Å². The molecule has 5 nitrogen and oxygen atoms in total. The SMILES string of the molecule is CCN(CC)CC(C)(C)C(c1ccc(O)c(C)c1O)c1ccc(O)c(C)c1O. The summed E-state index contributed by atoms with van der Waals surface area (Å²) >= 11 is 0. The number of nitrogens with zero attached hydrogens (tertiary/aromatic N) is 1. The summed E-state index contributed by atoms with van der Waals surface area (Å²) in [6, 6.07) is 6.59. The molecular formula is C23H33NO4. The van der Waals surface area contributed by atoms with Crippen molar-refractivity contribution >= 4 is 0 Å². The van der Waals surface area contributed by atoms with Gasteiger partial charge in [0.25, 0.3) is 0 Å². The molecule has 2 rings (SSSR count). The van der Waals surface area contributed by atoms with Crippen molar-refractivity contribution in [1.29, 1.82) is 0 Å². The van der Waals surface area contributed by atoms with E-state index in [0.717, 1.165) is 19.6 Å². The van der Waals surface area contributed by atoms with Crippen LogP contribution in [0.5, 0.6) is 23.0 Å². The number of aromatic hydroxyl groups is 4. The molecule has 28 heavy (non-hydrogen) atoms. The van der Waals surface area contributed by atoms with Crippen molar-refractivity contribution in [2.45, 2.75) is 47.5 Å². The maximum absolute atomic E-state index is 10.8. The molecule has 0 aliphatic heterocycles. The van der Waals surface area contributed by atoms with E-state index >= 15 is 0 Å². The lowest BCUT2D eigenvalue weighted by Gasteiger charge is -2.39. The molecule has 0 amide bonds. The van der Waals surface area contributed by atoms with E-state index in [1.165, 1.54) is 0 Å². The van der Waals surface area contributed by atoms with E-state index in [4.69, 9.17) is 0 Å². The van der Waals surface area contributed by atoms with Crippen LogP contribution in [0, 0.1) is 19.3 Å². The summed E-state index contributed by atoms with van der Waals surface area (Å²) in [5.41, 5.74) is 1.77. The van der Waals surface area contributed by atoms with Crippen LogP contribution in [0.1, 0.15) is 55.9 Å². The van der Waals surface area contributed by atoms with Gasteiger partial charge in [0.2, 0.25) is 0 Å². The summed E-state index contributed by atoms with van der Waals surface area (Å²) < 4.78 is 0. The minimum Gasteiger partial charge on any atom is -0.508 e. The van der Waals surface area contributed by atoms with Gasteiger partial charge in [-0.2, -0.15) is 0 Å². The van der Waals surface area contributed by atoms with Crippen molar-refractivity contribution in [3.8, 4) is 23.0 Å². The molecule has 0 saturated carbocycles. The smallest absolute Gasteiger partial charge is 0.126 e. The molecule has 0 spiro atoms. The van der Waals surface area contributed by atoms with Crippen LogP contribution in [0.3, 0.4) is 0 Å². The molecule has 4 N–H and O–H groups in total. The zero-order valence-electron chi connectivity index (χ0n) is 17.7. The van der Waals surface area contributed by atoms with Crippen LogP contribution in [-0.4, -0.2) is 45.0 Å². The van der Waals surface area contributed by atoms with Crippen LogP contribution in [0.4, 0.5) is 0 Å². The Balaban J connectivity index is 2.73. The molecule has 0 atom stereocenters. The van der Waals surface area contributed by atoms with E-state index in [2.05, 4.69) is 32.6 Å². The first-order chi connectivity index (χ1) is 13.0. The average molecular weight is 388 g/mol. The maximum atomic E-state index is 10.8. The highest BCUT2D eigenvalue weighted by Crippen LogP contribution is 2.50. The van der Waals surface area contributed by atoms with Crippen molar-refractivity contribution in [2.75, 3.05) is 19.6 Å². The van der Waals surface area contributed by atoms with Crippen molar-refractivity contribution in [2.24, 2.45) is 5.41 Å². The highest BCUT2D eigenvalue weighted by molar-refractivity contribution is 5.57. The van der Waals surface area contributed by atoms with Crippen LogP contribution in [0.15, 0.2) is 24.3 Å². The monoisotopic (exact) mass is 387 g/mol. The van der Waals surface area contributed by atoms with Crippen molar-refractivity contribution < 1.29 is 20.4 Å². The van der Waals surface area contributed by atoms with Crippen molar-refractivity contribution in [3.63, 3.8) is 0 Å². The zero-order valence-corrected chi connectivity index (χ0v) is 17.7. The molecule has 0 bridgehead atoms. The number of hydrogen-bond donors (Lipinski definition) is 4.